The molecule has 0 amide bonds. The van der Waals surface area contributed by atoms with Crippen LogP contribution in [0.3, 0.4) is 0 Å². The second-order valence-electron chi connectivity index (χ2n) is 3.19. The van der Waals surface area contributed by atoms with Gasteiger partial charge in [-0.05, 0) is 17.9 Å². The van der Waals surface area contributed by atoms with Crippen LogP contribution in [0.1, 0.15) is 17.3 Å². The summed E-state index contributed by atoms with van der Waals surface area (Å²) in [6.07, 6.45) is 0. The van der Waals surface area contributed by atoms with Gasteiger partial charge in [0, 0.05) is 5.75 Å². The van der Waals surface area contributed by atoms with Crippen LogP contribution in [0, 0.1) is 0 Å². The van der Waals surface area contributed by atoms with Crippen LogP contribution in [0.25, 0.3) is 0 Å². The number of anilines is 1. The third kappa shape index (κ3) is 4.30. The number of rotatable bonds is 5. The third-order valence-corrected chi connectivity index (χ3v) is 3.64. The predicted molar refractivity (Wildman–Crippen MR) is 74.2 cm³/mol. The molecule has 0 aliphatic rings. The first-order valence-electron chi connectivity index (χ1n) is 5.05. The van der Waals surface area contributed by atoms with Crippen LogP contribution in [0.2, 0.25) is 10.0 Å². The van der Waals surface area contributed by atoms with Crippen LogP contribution in [0.5, 0.6) is 0 Å². The standard InChI is InChI=1S/C11H13Cl2NO2S/c1-2-17-4-3-16-11(15)7-5-8(12)10(13)9(14)6-7/h5-6H,2-4,14H2,1H3. The minimum Gasteiger partial charge on any atom is -0.461 e. The molecule has 0 aliphatic heterocycles. The number of hydrogen-bond donors (Lipinski definition) is 1. The quantitative estimate of drug-likeness (QED) is 0.513. The van der Waals surface area contributed by atoms with Crippen molar-refractivity contribution in [2.75, 3.05) is 23.8 Å². The van der Waals surface area contributed by atoms with E-state index in [0.717, 1.165) is 11.5 Å². The van der Waals surface area contributed by atoms with Gasteiger partial charge in [-0.1, -0.05) is 30.1 Å². The van der Waals surface area contributed by atoms with Crippen molar-refractivity contribution in [1.82, 2.24) is 0 Å². The SMILES string of the molecule is CCSCCOC(=O)c1cc(N)c(Cl)c(Cl)c1. The van der Waals surface area contributed by atoms with Crippen LogP contribution >= 0.6 is 35.0 Å². The highest BCUT2D eigenvalue weighted by molar-refractivity contribution is 7.99. The van der Waals surface area contributed by atoms with E-state index in [0.29, 0.717) is 12.2 Å². The lowest BCUT2D eigenvalue weighted by Gasteiger charge is -2.07. The fourth-order valence-electron chi connectivity index (χ4n) is 1.15. The Bertz CT molecular complexity index is 389. The van der Waals surface area contributed by atoms with E-state index in [1.807, 2.05) is 6.92 Å². The molecule has 0 aromatic heterocycles. The van der Waals surface area contributed by atoms with E-state index in [1.165, 1.54) is 12.1 Å². The molecule has 0 saturated carbocycles. The highest BCUT2D eigenvalue weighted by Crippen LogP contribution is 2.29. The van der Waals surface area contributed by atoms with E-state index >= 15 is 0 Å². The summed E-state index contributed by atoms with van der Waals surface area (Å²) in [6, 6.07) is 2.92. The van der Waals surface area contributed by atoms with Gasteiger partial charge >= 0.3 is 5.97 Å². The Labute approximate surface area is 115 Å². The maximum absolute atomic E-state index is 11.6. The Hall–Kier alpha value is -0.580. The number of carbonyl (C=O) groups is 1. The number of thioether (sulfide) groups is 1. The fraction of sp³-hybridized carbons (Fsp3) is 0.364. The van der Waals surface area contributed by atoms with Crippen molar-refractivity contribution in [2.45, 2.75) is 6.92 Å². The van der Waals surface area contributed by atoms with Crippen LogP contribution < -0.4 is 5.73 Å². The maximum atomic E-state index is 11.6. The van der Waals surface area contributed by atoms with Crippen molar-refractivity contribution >= 4 is 46.6 Å². The topological polar surface area (TPSA) is 52.3 Å². The highest BCUT2D eigenvalue weighted by atomic mass is 35.5. The average molecular weight is 294 g/mol. The Balaban J connectivity index is 2.63. The van der Waals surface area contributed by atoms with E-state index in [9.17, 15) is 4.79 Å². The number of ether oxygens (including phenoxy) is 1. The number of halogens is 2. The molecular formula is C11H13Cl2NO2S. The van der Waals surface area contributed by atoms with Gasteiger partial charge in [0.25, 0.3) is 0 Å². The van der Waals surface area contributed by atoms with Gasteiger partial charge in [0.15, 0.2) is 0 Å². The molecule has 2 N–H and O–H groups in total. The molecule has 1 rings (SSSR count). The van der Waals surface area contributed by atoms with Crippen LogP contribution in [-0.4, -0.2) is 24.1 Å². The Kier molecular flexibility index (Phi) is 5.95. The van der Waals surface area contributed by atoms with Gasteiger partial charge in [-0.3, -0.25) is 0 Å². The van der Waals surface area contributed by atoms with Gasteiger partial charge in [0.1, 0.15) is 6.61 Å². The first-order chi connectivity index (χ1) is 8.06. The monoisotopic (exact) mass is 293 g/mol. The molecule has 1 aromatic rings. The summed E-state index contributed by atoms with van der Waals surface area (Å²) in [5.41, 5.74) is 6.20. The summed E-state index contributed by atoms with van der Waals surface area (Å²) in [5, 5.41) is 0.506. The van der Waals surface area contributed by atoms with Crippen LogP contribution in [0.4, 0.5) is 5.69 Å². The minimum atomic E-state index is -0.438. The highest BCUT2D eigenvalue weighted by Gasteiger charge is 2.12. The number of nitrogen functional groups attached to an aromatic ring is 1. The maximum Gasteiger partial charge on any atom is 0.338 e. The van der Waals surface area contributed by atoms with E-state index in [-0.39, 0.29) is 15.7 Å². The lowest BCUT2D eigenvalue weighted by molar-refractivity contribution is 0.0530. The van der Waals surface area contributed by atoms with Gasteiger partial charge in [0.05, 0.1) is 21.3 Å². The Morgan fingerprint density at radius 2 is 2.18 bits per heavy atom. The zero-order valence-corrected chi connectivity index (χ0v) is 11.7. The summed E-state index contributed by atoms with van der Waals surface area (Å²) in [6.45, 7) is 2.42. The van der Waals surface area contributed by atoms with Gasteiger partial charge < -0.3 is 10.5 Å². The summed E-state index contributed by atoms with van der Waals surface area (Å²) < 4.78 is 5.06. The van der Waals surface area contributed by atoms with Crippen molar-refractivity contribution in [3.8, 4) is 0 Å². The molecular weight excluding hydrogens is 281 g/mol. The number of carbonyl (C=O) groups excluding carboxylic acids is 1. The lowest BCUT2D eigenvalue weighted by atomic mass is 10.2. The minimum absolute atomic E-state index is 0.251. The number of esters is 1. The molecule has 6 heteroatoms. The van der Waals surface area contributed by atoms with E-state index in [2.05, 4.69) is 0 Å². The molecule has 3 nitrogen and oxygen atoms in total. The van der Waals surface area contributed by atoms with Crippen molar-refractivity contribution in [3.63, 3.8) is 0 Å². The van der Waals surface area contributed by atoms with E-state index < -0.39 is 5.97 Å². The molecule has 94 valence electrons. The van der Waals surface area contributed by atoms with Crippen molar-refractivity contribution in [1.29, 1.82) is 0 Å². The molecule has 1 aromatic carbocycles. The molecule has 0 saturated heterocycles. The molecule has 0 fully saturated rings. The van der Waals surface area contributed by atoms with Crippen molar-refractivity contribution < 1.29 is 9.53 Å². The molecule has 0 bridgehead atoms. The Morgan fingerprint density at radius 1 is 1.47 bits per heavy atom. The fourth-order valence-corrected chi connectivity index (χ4v) is 1.97. The van der Waals surface area contributed by atoms with Gasteiger partial charge in [-0.25, -0.2) is 4.79 Å². The zero-order chi connectivity index (χ0) is 12.8. The lowest BCUT2D eigenvalue weighted by Crippen LogP contribution is -2.08. The molecule has 0 atom stereocenters. The van der Waals surface area contributed by atoms with Gasteiger partial charge in [0.2, 0.25) is 0 Å². The van der Waals surface area contributed by atoms with E-state index in [4.69, 9.17) is 33.7 Å². The normalized spacial score (nSPS) is 10.3. The largest absolute Gasteiger partial charge is 0.461 e. The second kappa shape index (κ2) is 6.99. The molecule has 0 heterocycles. The summed E-state index contributed by atoms with van der Waals surface area (Å²) >= 11 is 13.3. The van der Waals surface area contributed by atoms with E-state index in [1.54, 1.807) is 11.8 Å². The molecule has 0 spiro atoms. The second-order valence-corrected chi connectivity index (χ2v) is 5.37. The van der Waals surface area contributed by atoms with Crippen molar-refractivity contribution in [2.24, 2.45) is 0 Å². The molecule has 0 radical (unpaired) electrons. The van der Waals surface area contributed by atoms with Crippen molar-refractivity contribution in [3.05, 3.63) is 27.7 Å². The van der Waals surface area contributed by atoms with Gasteiger partial charge in [-0.2, -0.15) is 11.8 Å². The average Bonchev–Trinajstić information content (AvgIpc) is 2.30. The molecule has 0 aliphatic carbocycles. The van der Waals surface area contributed by atoms with Crippen LogP contribution in [-0.2, 0) is 4.74 Å². The van der Waals surface area contributed by atoms with Crippen LogP contribution in [0.15, 0.2) is 12.1 Å². The predicted octanol–water partition coefficient (Wildman–Crippen LogP) is 3.49. The zero-order valence-electron chi connectivity index (χ0n) is 9.33. The first kappa shape index (κ1) is 14.5. The Morgan fingerprint density at radius 3 is 2.76 bits per heavy atom. The van der Waals surface area contributed by atoms with Gasteiger partial charge in [-0.15, -0.1) is 0 Å². The third-order valence-electron chi connectivity index (χ3n) is 1.96. The molecule has 17 heavy (non-hydrogen) atoms. The first-order valence-corrected chi connectivity index (χ1v) is 6.96. The smallest absolute Gasteiger partial charge is 0.338 e. The number of benzene rings is 1. The summed E-state index contributed by atoms with van der Waals surface area (Å²) in [7, 11) is 0. The summed E-state index contributed by atoms with van der Waals surface area (Å²) in [5.74, 6) is 1.34. The number of nitrogens with two attached hydrogens (primary N) is 1. The number of hydrogen-bond acceptors (Lipinski definition) is 4. The molecule has 0 unspecified atom stereocenters. The summed E-state index contributed by atoms with van der Waals surface area (Å²) in [4.78, 5) is 11.6.